The number of amides is 3. The predicted octanol–water partition coefficient (Wildman–Crippen LogP) is 5.69. The van der Waals surface area contributed by atoms with Crippen LogP contribution < -0.4 is 14.4 Å². The van der Waals surface area contributed by atoms with Crippen molar-refractivity contribution in [2.24, 2.45) is 0 Å². The summed E-state index contributed by atoms with van der Waals surface area (Å²) in [6.07, 6.45) is -9.69. The van der Waals surface area contributed by atoms with Crippen LogP contribution in [0.15, 0.2) is 54.6 Å². The van der Waals surface area contributed by atoms with E-state index in [1.807, 2.05) is 24.3 Å². The second-order valence-electron chi connectivity index (χ2n) is 16.0. The zero-order valence-corrected chi connectivity index (χ0v) is 37.7. The Morgan fingerprint density at radius 1 is 0.797 bits per heavy atom. The molecule has 1 fully saturated rings. The van der Waals surface area contributed by atoms with Crippen LogP contribution in [-0.2, 0) is 58.9 Å². The summed E-state index contributed by atoms with van der Waals surface area (Å²) in [6.45, 7) is 8.87. The number of rotatable bonds is 13. The highest BCUT2D eigenvalue weighted by molar-refractivity contribution is 6.19. The van der Waals surface area contributed by atoms with Gasteiger partial charge in [0.1, 0.15) is 23.7 Å². The molecule has 3 aromatic carbocycles. The zero-order chi connectivity index (χ0) is 47.0. The van der Waals surface area contributed by atoms with E-state index in [9.17, 15) is 33.6 Å². The minimum absolute atomic E-state index is 0.0754. The molecule has 0 spiro atoms. The number of methoxy groups -OCH3 is 1. The Bertz CT molecular complexity index is 2230. The average Bonchev–Trinajstić information content (AvgIpc) is 3.61. The molecular weight excluding hydrogens is 862 g/mol. The molecule has 1 saturated heterocycles. The molecule has 6 atom stereocenters. The van der Waals surface area contributed by atoms with Gasteiger partial charge in [0.25, 0.3) is 0 Å². The molecule has 0 saturated carbocycles. The van der Waals surface area contributed by atoms with Crippen molar-refractivity contribution < 1.29 is 76.2 Å². The fraction of sp³-hybridized carbons (Fsp3) is 0.477. The first kappa shape index (κ1) is 48.7. The van der Waals surface area contributed by atoms with E-state index in [-0.39, 0.29) is 43.0 Å². The molecule has 5 rings (SSSR count). The molecule has 0 bridgehead atoms. The molecule has 2 aliphatic rings. The summed E-state index contributed by atoms with van der Waals surface area (Å²) < 4.78 is 49.6. The van der Waals surface area contributed by atoms with E-state index in [0.29, 0.717) is 23.2 Å². The Hall–Kier alpha value is -6.34. The Morgan fingerprint density at radius 3 is 1.95 bits per heavy atom. The SMILES string of the molecule is COC(=O)[C@H]1O[C@@H](Oc2ccc(COC(=O)N(C)CCN(C)C(=O)Oc3cc4c(c5ccccc35)[C@H](CCl)CN4C(=O)OC(C)(C)C)cc2)[C@H](OC(C)=O)[C@@H](OC(C)=O)[C@@H]1OC(C)=O. The third-order valence-electron chi connectivity index (χ3n) is 9.89. The number of halogens is 1. The Labute approximate surface area is 374 Å². The normalized spacial score (nSPS) is 20.2. The number of hydrogen-bond donors (Lipinski definition) is 0. The topological polar surface area (TPSA) is 212 Å². The zero-order valence-electron chi connectivity index (χ0n) is 36.9. The van der Waals surface area contributed by atoms with Crippen molar-refractivity contribution in [2.75, 3.05) is 51.6 Å². The fourth-order valence-corrected chi connectivity index (χ4v) is 7.25. The largest absolute Gasteiger partial charge is 0.467 e. The number of ether oxygens (including phenoxy) is 9. The fourth-order valence-electron chi connectivity index (χ4n) is 7.00. The van der Waals surface area contributed by atoms with Crippen LogP contribution >= 0.6 is 11.6 Å². The van der Waals surface area contributed by atoms with Crippen molar-refractivity contribution in [1.82, 2.24) is 9.80 Å². The molecular formula is C44H52ClN3O16. The first-order valence-corrected chi connectivity index (χ1v) is 20.7. The summed E-state index contributed by atoms with van der Waals surface area (Å²) >= 11 is 6.37. The molecule has 19 nitrogen and oxygen atoms in total. The molecule has 3 aromatic rings. The Morgan fingerprint density at radius 2 is 1.38 bits per heavy atom. The quantitative estimate of drug-likeness (QED) is 0.115. The standard InChI is InChI=1S/C44H52ClN3O16/c1-24(49)58-35-36(59-25(2)50)38(60-26(3)51)40(63-37(35)39(52)56-9)61-29-16-14-27(15-17-29)23-57-41(53)46(7)18-19-47(8)42(54)62-33-20-32-34(31-13-11-10-12-30(31)33)28(21-45)22-48(32)43(55)64-44(4,5)6/h10-17,20,28,35-38,40H,18-19,21-23H2,1-9H3/t28-,35+,36+,37+,38-,40-/m1/s1. The summed E-state index contributed by atoms with van der Waals surface area (Å²) in [5, 5.41) is 1.45. The number of likely N-dealkylation sites (N-methyl/N-ethyl adjacent to an activating group) is 2. The van der Waals surface area contributed by atoms with E-state index in [0.717, 1.165) is 38.8 Å². The Balaban J connectivity index is 1.19. The molecule has 3 amide bonds. The number of anilines is 1. The van der Waals surface area contributed by atoms with Crippen LogP contribution in [0.3, 0.4) is 0 Å². The van der Waals surface area contributed by atoms with Crippen LogP contribution in [0.2, 0.25) is 0 Å². The van der Waals surface area contributed by atoms with Crippen molar-refractivity contribution in [3.63, 3.8) is 0 Å². The molecule has 0 aromatic heterocycles. The lowest BCUT2D eigenvalue weighted by molar-refractivity contribution is -0.282. The lowest BCUT2D eigenvalue weighted by atomic mass is 9.95. The van der Waals surface area contributed by atoms with Gasteiger partial charge < -0.3 is 52.4 Å². The lowest BCUT2D eigenvalue weighted by Crippen LogP contribution is -2.64. The monoisotopic (exact) mass is 913 g/mol. The van der Waals surface area contributed by atoms with Crippen LogP contribution in [0.4, 0.5) is 20.1 Å². The van der Waals surface area contributed by atoms with Crippen LogP contribution in [0.25, 0.3) is 10.8 Å². The van der Waals surface area contributed by atoms with Gasteiger partial charge in [-0.2, -0.15) is 0 Å². The summed E-state index contributed by atoms with van der Waals surface area (Å²) in [5.41, 5.74) is 1.21. The van der Waals surface area contributed by atoms with Crippen molar-refractivity contribution >= 4 is 70.2 Å². The summed E-state index contributed by atoms with van der Waals surface area (Å²) in [4.78, 5) is 92.6. The maximum Gasteiger partial charge on any atom is 0.415 e. The van der Waals surface area contributed by atoms with E-state index >= 15 is 0 Å². The average molecular weight is 914 g/mol. The highest BCUT2D eigenvalue weighted by Crippen LogP contribution is 2.46. The van der Waals surface area contributed by atoms with Crippen LogP contribution in [-0.4, -0.2) is 135 Å². The number of hydrogen-bond acceptors (Lipinski definition) is 16. The molecule has 0 N–H and O–H groups in total. The number of benzene rings is 3. The minimum atomic E-state index is -1.63. The van der Waals surface area contributed by atoms with Gasteiger partial charge in [-0.25, -0.2) is 19.2 Å². The molecule has 2 heterocycles. The molecule has 0 unspecified atom stereocenters. The maximum atomic E-state index is 13.4. The lowest BCUT2D eigenvalue weighted by Gasteiger charge is -2.43. The van der Waals surface area contributed by atoms with E-state index in [1.54, 1.807) is 39.0 Å². The number of nitrogens with zero attached hydrogens (tertiary/aromatic N) is 3. The first-order chi connectivity index (χ1) is 30.2. The van der Waals surface area contributed by atoms with Gasteiger partial charge in [-0.3, -0.25) is 19.3 Å². The van der Waals surface area contributed by atoms with Gasteiger partial charge in [0.05, 0.1) is 12.8 Å². The van der Waals surface area contributed by atoms with Gasteiger partial charge in [-0.1, -0.05) is 36.4 Å². The minimum Gasteiger partial charge on any atom is -0.467 e. The van der Waals surface area contributed by atoms with Crippen molar-refractivity contribution in [3.05, 3.63) is 65.7 Å². The Kier molecular flexibility index (Phi) is 15.9. The van der Waals surface area contributed by atoms with E-state index in [4.69, 9.17) is 54.2 Å². The number of carbonyl (C=O) groups is 7. The van der Waals surface area contributed by atoms with Gasteiger partial charge in [-0.15, -0.1) is 11.6 Å². The third kappa shape index (κ3) is 12.0. The summed E-state index contributed by atoms with van der Waals surface area (Å²) in [5.74, 6) is -3.00. The van der Waals surface area contributed by atoms with Gasteiger partial charge >= 0.3 is 42.2 Å². The number of alkyl halides is 1. The summed E-state index contributed by atoms with van der Waals surface area (Å²) in [7, 11) is 4.10. The molecule has 20 heteroatoms. The second kappa shape index (κ2) is 20.9. The van der Waals surface area contributed by atoms with E-state index in [1.165, 1.54) is 40.9 Å². The second-order valence-corrected chi connectivity index (χ2v) is 16.3. The van der Waals surface area contributed by atoms with Gasteiger partial charge in [0.2, 0.25) is 12.4 Å². The van der Waals surface area contributed by atoms with E-state index in [2.05, 4.69) is 0 Å². The van der Waals surface area contributed by atoms with Gasteiger partial charge in [-0.05, 0) is 49.4 Å². The maximum absolute atomic E-state index is 13.4. The number of fused-ring (bicyclic) bond motifs is 3. The first-order valence-electron chi connectivity index (χ1n) is 20.1. The van der Waals surface area contributed by atoms with Crippen LogP contribution in [0, 0.1) is 0 Å². The molecule has 2 aliphatic heterocycles. The van der Waals surface area contributed by atoms with Gasteiger partial charge in [0, 0.05) is 77.8 Å². The highest BCUT2D eigenvalue weighted by Gasteiger charge is 2.56. The van der Waals surface area contributed by atoms with Crippen molar-refractivity contribution in [2.45, 2.75) is 90.4 Å². The smallest absolute Gasteiger partial charge is 0.415 e. The molecule has 64 heavy (non-hydrogen) atoms. The molecule has 346 valence electrons. The molecule has 0 radical (unpaired) electrons. The number of carbonyl (C=O) groups excluding carboxylic acids is 7. The van der Waals surface area contributed by atoms with Crippen LogP contribution in [0.5, 0.6) is 11.5 Å². The summed E-state index contributed by atoms with van der Waals surface area (Å²) in [6, 6.07) is 15.2. The van der Waals surface area contributed by atoms with Crippen molar-refractivity contribution in [3.8, 4) is 11.5 Å². The third-order valence-corrected chi connectivity index (χ3v) is 10.3. The predicted molar refractivity (Wildman–Crippen MR) is 227 cm³/mol. The van der Waals surface area contributed by atoms with E-state index < -0.39 is 78.5 Å². The van der Waals surface area contributed by atoms with Crippen molar-refractivity contribution in [1.29, 1.82) is 0 Å². The molecule has 0 aliphatic carbocycles. The number of esters is 4. The van der Waals surface area contributed by atoms with Gasteiger partial charge in [0.15, 0.2) is 18.3 Å². The van der Waals surface area contributed by atoms with Crippen LogP contribution in [0.1, 0.15) is 58.6 Å². The highest BCUT2D eigenvalue weighted by atomic mass is 35.5.